The van der Waals surface area contributed by atoms with Crippen LogP contribution in [0, 0.1) is 5.92 Å². The Labute approximate surface area is 121 Å². The minimum Gasteiger partial charge on any atom is -0.344 e. The van der Waals surface area contributed by atoms with Crippen LogP contribution in [0.2, 0.25) is 0 Å². The number of piperidine rings is 1. The molecule has 0 aromatic rings. The molecule has 0 aliphatic carbocycles. The number of amides is 2. The zero-order chi connectivity index (χ0) is 15.6. The zero-order valence-corrected chi connectivity index (χ0v) is 11.9. The SMILES string of the molecule is C[C@@H]1CC(=O)N[C@H](C(=O)N2CCN(CC(F)(F)F)CC2)C1. The van der Waals surface area contributed by atoms with Gasteiger partial charge in [0.15, 0.2) is 0 Å². The molecular formula is C13H20F3N3O2. The quantitative estimate of drug-likeness (QED) is 0.813. The normalized spacial score (nSPS) is 28.4. The standard InChI is InChI=1S/C13H20F3N3O2/c1-9-6-10(17-11(20)7-9)12(21)19-4-2-18(3-5-19)8-13(14,15)16/h9-10H,2-8H2,1H3,(H,17,20)/t9-,10-/m0/s1. The molecular weight excluding hydrogens is 287 g/mol. The maximum Gasteiger partial charge on any atom is 0.401 e. The largest absolute Gasteiger partial charge is 0.401 e. The average molecular weight is 307 g/mol. The van der Waals surface area contributed by atoms with Crippen LogP contribution in [0.1, 0.15) is 19.8 Å². The molecule has 5 nitrogen and oxygen atoms in total. The zero-order valence-electron chi connectivity index (χ0n) is 11.9. The van der Waals surface area contributed by atoms with Crippen molar-refractivity contribution in [3.63, 3.8) is 0 Å². The lowest BCUT2D eigenvalue weighted by Crippen LogP contribution is -2.57. The molecule has 0 aromatic carbocycles. The molecule has 0 bridgehead atoms. The topological polar surface area (TPSA) is 52.7 Å². The second-order valence-electron chi connectivity index (χ2n) is 5.88. The third kappa shape index (κ3) is 4.59. The van der Waals surface area contributed by atoms with E-state index in [-0.39, 0.29) is 43.9 Å². The number of hydrogen-bond donors (Lipinski definition) is 1. The minimum atomic E-state index is -4.21. The molecule has 2 rings (SSSR count). The summed E-state index contributed by atoms with van der Waals surface area (Å²) in [7, 11) is 0. The molecule has 2 fully saturated rings. The number of carbonyl (C=O) groups excluding carboxylic acids is 2. The van der Waals surface area contributed by atoms with Crippen molar-refractivity contribution in [1.82, 2.24) is 15.1 Å². The fraction of sp³-hybridized carbons (Fsp3) is 0.846. The number of carbonyl (C=O) groups is 2. The first-order valence-corrected chi connectivity index (χ1v) is 7.12. The van der Waals surface area contributed by atoms with Gasteiger partial charge in [-0.1, -0.05) is 6.92 Å². The van der Waals surface area contributed by atoms with E-state index >= 15 is 0 Å². The van der Waals surface area contributed by atoms with Crippen LogP contribution in [-0.2, 0) is 9.59 Å². The number of nitrogens with one attached hydrogen (secondary N) is 1. The highest BCUT2D eigenvalue weighted by molar-refractivity contribution is 5.89. The van der Waals surface area contributed by atoms with Crippen molar-refractivity contribution >= 4 is 11.8 Å². The summed E-state index contributed by atoms with van der Waals surface area (Å²) in [6.07, 6.45) is -3.20. The van der Waals surface area contributed by atoms with Gasteiger partial charge in [-0.05, 0) is 12.3 Å². The number of halogens is 3. The first-order valence-electron chi connectivity index (χ1n) is 7.12. The Morgan fingerprint density at radius 1 is 1.29 bits per heavy atom. The summed E-state index contributed by atoms with van der Waals surface area (Å²) in [6, 6.07) is -0.532. The Kier molecular flexibility index (Phi) is 4.75. The van der Waals surface area contributed by atoms with Crippen molar-refractivity contribution in [2.75, 3.05) is 32.7 Å². The summed E-state index contributed by atoms with van der Waals surface area (Å²) < 4.78 is 36.9. The molecule has 0 spiro atoms. The summed E-state index contributed by atoms with van der Waals surface area (Å²) in [6.45, 7) is 1.95. The highest BCUT2D eigenvalue weighted by atomic mass is 19.4. The van der Waals surface area contributed by atoms with Gasteiger partial charge in [-0.25, -0.2) is 0 Å². The van der Waals surface area contributed by atoms with E-state index in [1.165, 1.54) is 4.90 Å². The first-order chi connectivity index (χ1) is 9.74. The smallest absolute Gasteiger partial charge is 0.344 e. The third-order valence-electron chi connectivity index (χ3n) is 3.89. The lowest BCUT2D eigenvalue weighted by Gasteiger charge is -2.38. The van der Waals surface area contributed by atoms with Gasteiger partial charge in [0.2, 0.25) is 11.8 Å². The molecule has 2 atom stereocenters. The first kappa shape index (κ1) is 16.1. The van der Waals surface area contributed by atoms with Crippen LogP contribution < -0.4 is 5.32 Å². The maximum absolute atomic E-state index is 12.3. The predicted molar refractivity (Wildman–Crippen MR) is 69.4 cm³/mol. The van der Waals surface area contributed by atoms with Gasteiger partial charge in [0.05, 0.1) is 6.54 Å². The van der Waals surface area contributed by atoms with E-state index in [0.717, 1.165) is 0 Å². The third-order valence-corrected chi connectivity index (χ3v) is 3.89. The summed E-state index contributed by atoms with van der Waals surface area (Å²) in [5, 5.41) is 2.67. The Balaban J connectivity index is 1.84. The minimum absolute atomic E-state index is 0.136. The van der Waals surface area contributed by atoms with Crippen molar-refractivity contribution in [3.05, 3.63) is 0 Å². The summed E-state index contributed by atoms with van der Waals surface area (Å²) in [5.41, 5.74) is 0. The van der Waals surface area contributed by atoms with E-state index in [9.17, 15) is 22.8 Å². The van der Waals surface area contributed by atoms with Crippen molar-refractivity contribution in [2.24, 2.45) is 5.92 Å². The molecule has 8 heteroatoms. The van der Waals surface area contributed by atoms with Crippen LogP contribution in [-0.4, -0.2) is 66.6 Å². The van der Waals surface area contributed by atoms with Crippen molar-refractivity contribution < 1.29 is 22.8 Å². The number of hydrogen-bond acceptors (Lipinski definition) is 3. The average Bonchev–Trinajstić information content (AvgIpc) is 2.35. The van der Waals surface area contributed by atoms with E-state index in [2.05, 4.69) is 5.32 Å². The van der Waals surface area contributed by atoms with Crippen molar-refractivity contribution in [1.29, 1.82) is 0 Å². The summed E-state index contributed by atoms with van der Waals surface area (Å²) in [4.78, 5) is 26.6. The predicted octanol–water partition coefficient (Wildman–Crippen LogP) is 0.608. The number of nitrogens with zero attached hydrogens (tertiary/aromatic N) is 2. The van der Waals surface area contributed by atoms with Crippen LogP contribution in [0.3, 0.4) is 0 Å². The second-order valence-corrected chi connectivity index (χ2v) is 5.88. The number of alkyl halides is 3. The van der Waals surface area contributed by atoms with Crippen LogP contribution in [0.15, 0.2) is 0 Å². The van der Waals surface area contributed by atoms with Gasteiger partial charge in [0, 0.05) is 32.6 Å². The molecule has 120 valence electrons. The van der Waals surface area contributed by atoms with E-state index in [4.69, 9.17) is 0 Å². The molecule has 0 radical (unpaired) electrons. The molecule has 2 heterocycles. The Hall–Kier alpha value is -1.31. The molecule has 0 unspecified atom stereocenters. The molecule has 1 N–H and O–H groups in total. The highest BCUT2D eigenvalue weighted by Crippen LogP contribution is 2.20. The van der Waals surface area contributed by atoms with Crippen LogP contribution >= 0.6 is 0 Å². The van der Waals surface area contributed by atoms with Crippen molar-refractivity contribution in [2.45, 2.75) is 32.0 Å². The van der Waals surface area contributed by atoms with Gasteiger partial charge in [0.25, 0.3) is 0 Å². The van der Waals surface area contributed by atoms with E-state index in [1.54, 1.807) is 4.90 Å². The highest BCUT2D eigenvalue weighted by Gasteiger charge is 2.35. The fourth-order valence-corrected chi connectivity index (χ4v) is 2.88. The molecule has 2 aliphatic rings. The number of rotatable bonds is 2. The lowest BCUT2D eigenvalue weighted by atomic mass is 9.93. The van der Waals surface area contributed by atoms with Crippen LogP contribution in [0.4, 0.5) is 13.2 Å². The summed E-state index contributed by atoms with van der Waals surface area (Å²) >= 11 is 0. The van der Waals surface area contributed by atoms with Gasteiger partial charge in [-0.2, -0.15) is 13.2 Å². The maximum atomic E-state index is 12.3. The lowest BCUT2D eigenvalue weighted by molar-refractivity contribution is -0.153. The molecule has 21 heavy (non-hydrogen) atoms. The summed E-state index contributed by atoms with van der Waals surface area (Å²) in [5.74, 6) is -0.163. The van der Waals surface area contributed by atoms with E-state index in [1.807, 2.05) is 6.92 Å². The monoisotopic (exact) mass is 307 g/mol. The van der Waals surface area contributed by atoms with E-state index in [0.29, 0.717) is 12.8 Å². The van der Waals surface area contributed by atoms with Gasteiger partial charge < -0.3 is 10.2 Å². The Bertz CT molecular complexity index is 406. The molecule has 2 aliphatic heterocycles. The second kappa shape index (κ2) is 6.21. The van der Waals surface area contributed by atoms with Crippen LogP contribution in [0.25, 0.3) is 0 Å². The molecule has 2 saturated heterocycles. The van der Waals surface area contributed by atoms with Gasteiger partial charge in [0.1, 0.15) is 6.04 Å². The van der Waals surface area contributed by atoms with E-state index < -0.39 is 18.8 Å². The van der Waals surface area contributed by atoms with Crippen LogP contribution in [0.5, 0.6) is 0 Å². The Morgan fingerprint density at radius 2 is 1.90 bits per heavy atom. The fourth-order valence-electron chi connectivity index (χ4n) is 2.88. The number of piperazine rings is 1. The van der Waals surface area contributed by atoms with Gasteiger partial charge in [-0.15, -0.1) is 0 Å². The van der Waals surface area contributed by atoms with Crippen molar-refractivity contribution in [3.8, 4) is 0 Å². The van der Waals surface area contributed by atoms with Gasteiger partial charge >= 0.3 is 6.18 Å². The molecule has 0 saturated carbocycles. The van der Waals surface area contributed by atoms with Gasteiger partial charge in [-0.3, -0.25) is 14.5 Å². The Morgan fingerprint density at radius 3 is 2.43 bits per heavy atom. The molecule has 2 amide bonds. The molecule has 0 aromatic heterocycles.